The van der Waals surface area contributed by atoms with E-state index in [-0.39, 0.29) is 5.92 Å². The van der Waals surface area contributed by atoms with Gasteiger partial charge in [0.2, 0.25) is 0 Å². The number of carbonyl (C=O) groups is 1. The summed E-state index contributed by atoms with van der Waals surface area (Å²) in [5.74, 6) is 0.666. The van der Waals surface area contributed by atoms with Gasteiger partial charge in [0.05, 0.1) is 0 Å². The van der Waals surface area contributed by atoms with Crippen molar-refractivity contribution in [2.45, 2.75) is 57.8 Å². The molecule has 1 heteroatoms. The molecule has 0 aliphatic heterocycles. The molecule has 0 spiro atoms. The highest BCUT2D eigenvalue weighted by Crippen LogP contribution is 2.34. The van der Waals surface area contributed by atoms with Crippen LogP contribution in [0.2, 0.25) is 0 Å². The third kappa shape index (κ3) is 2.96. The van der Waals surface area contributed by atoms with Gasteiger partial charge in [-0.1, -0.05) is 50.5 Å². The molecule has 92 valence electrons. The molecule has 1 aliphatic carbocycles. The molecule has 0 bridgehead atoms. The van der Waals surface area contributed by atoms with Crippen molar-refractivity contribution in [3.05, 3.63) is 35.4 Å². The molecule has 1 aliphatic rings. The van der Waals surface area contributed by atoms with E-state index in [1.165, 1.54) is 30.4 Å². The molecule has 0 aromatic heterocycles. The number of carbonyl (C=O) groups excluding carboxylic acids is 1. The van der Waals surface area contributed by atoms with Gasteiger partial charge in [-0.15, -0.1) is 0 Å². The molecule has 0 fully saturated rings. The maximum atomic E-state index is 12.2. The van der Waals surface area contributed by atoms with E-state index >= 15 is 0 Å². The Labute approximate surface area is 104 Å². The zero-order valence-corrected chi connectivity index (χ0v) is 10.7. The highest BCUT2D eigenvalue weighted by atomic mass is 16.1. The summed E-state index contributed by atoms with van der Waals surface area (Å²) in [6.45, 7) is 2.20. The molecule has 0 amide bonds. The highest BCUT2D eigenvalue weighted by molar-refractivity contribution is 5.86. The zero-order valence-electron chi connectivity index (χ0n) is 10.7. The molecule has 0 radical (unpaired) electrons. The predicted octanol–water partition coefficient (Wildman–Crippen LogP) is 4.26. The Balaban J connectivity index is 1.89. The summed E-state index contributed by atoms with van der Waals surface area (Å²) in [4.78, 5) is 12.2. The third-order valence-electron chi connectivity index (χ3n) is 3.80. The Hall–Kier alpha value is -1.11. The summed E-state index contributed by atoms with van der Waals surface area (Å²) in [7, 11) is 0. The number of aryl methyl sites for hydroxylation is 1. The Morgan fingerprint density at radius 3 is 2.88 bits per heavy atom. The van der Waals surface area contributed by atoms with E-state index in [0.717, 1.165) is 25.7 Å². The molecule has 17 heavy (non-hydrogen) atoms. The second-order valence-corrected chi connectivity index (χ2v) is 5.07. The number of rotatable bonds is 6. The number of unbranched alkanes of at least 4 members (excludes halogenated alkanes) is 3. The Kier molecular flexibility index (Phi) is 4.36. The second-order valence-electron chi connectivity index (χ2n) is 5.07. The maximum Gasteiger partial charge on any atom is 0.140 e. The lowest BCUT2D eigenvalue weighted by molar-refractivity contribution is -0.120. The number of fused-ring (bicyclic) bond motifs is 1. The van der Waals surface area contributed by atoms with Gasteiger partial charge in [-0.3, -0.25) is 4.79 Å². The number of benzene rings is 1. The van der Waals surface area contributed by atoms with Gasteiger partial charge in [0.25, 0.3) is 0 Å². The molecular formula is C16H22O. The van der Waals surface area contributed by atoms with Crippen molar-refractivity contribution < 1.29 is 4.79 Å². The average Bonchev–Trinajstić information content (AvgIpc) is 2.78. The van der Waals surface area contributed by atoms with Crippen molar-refractivity contribution in [2.75, 3.05) is 0 Å². The van der Waals surface area contributed by atoms with E-state index in [1.807, 2.05) is 0 Å². The van der Waals surface area contributed by atoms with Gasteiger partial charge in [-0.05, 0) is 30.4 Å². The second kappa shape index (κ2) is 6.00. The molecular weight excluding hydrogens is 208 g/mol. The van der Waals surface area contributed by atoms with Crippen LogP contribution >= 0.6 is 0 Å². The maximum absolute atomic E-state index is 12.2. The van der Waals surface area contributed by atoms with Crippen molar-refractivity contribution in [2.24, 2.45) is 0 Å². The monoisotopic (exact) mass is 230 g/mol. The minimum Gasteiger partial charge on any atom is -0.299 e. The van der Waals surface area contributed by atoms with Crippen molar-refractivity contribution in [1.29, 1.82) is 0 Å². The van der Waals surface area contributed by atoms with Crippen LogP contribution in [-0.4, -0.2) is 5.78 Å². The normalized spacial score (nSPS) is 18.1. The van der Waals surface area contributed by atoms with Crippen LogP contribution in [-0.2, 0) is 11.2 Å². The largest absolute Gasteiger partial charge is 0.299 e. The summed E-state index contributed by atoms with van der Waals surface area (Å²) in [5, 5.41) is 0. The van der Waals surface area contributed by atoms with Gasteiger partial charge in [0.15, 0.2) is 0 Å². The lowest BCUT2D eigenvalue weighted by Gasteiger charge is -2.10. The third-order valence-corrected chi connectivity index (χ3v) is 3.80. The summed E-state index contributed by atoms with van der Waals surface area (Å²) in [5.41, 5.74) is 2.69. The summed E-state index contributed by atoms with van der Waals surface area (Å²) >= 11 is 0. The van der Waals surface area contributed by atoms with Crippen LogP contribution < -0.4 is 0 Å². The van der Waals surface area contributed by atoms with Crippen LogP contribution in [0.1, 0.15) is 62.5 Å². The molecule has 0 saturated heterocycles. The van der Waals surface area contributed by atoms with Crippen LogP contribution in [0.5, 0.6) is 0 Å². The predicted molar refractivity (Wildman–Crippen MR) is 71.3 cm³/mol. The van der Waals surface area contributed by atoms with E-state index in [0.29, 0.717) is 5.78 Å². The van der Waals surface area contributed by atoms with Gasteiger partial charge >= 0.3 is 0 Å². The average molecular weight is 230 g/mol. The lowest BCUT2D eigenvalue weighted by atomic mass is 9.93. The van der Waals surface area contributed by atoms with Gasteiger partial charge in [-0.2, -0.15) is 0 Å². The molecule has 1 nitrogen and oxygen atoms in total. The van der Waals surface area contributed by atoms with E-state index in [4.69, 9.17) is 0 Å². The SMILES string of the molecule is CCCCCCC(=O)C1CCc2ccccc21. The van der Waals surface area contributed by atoms with Gasteiger partial charge in [0, 0.05) is 12.3 Å². The molecule has 1 aromatic carbocycles. The van der Waals surface area contributed by atoms with Crippen LogP contribution in [0.15, 0.2) is 24.3 Å². The van der Waals surface area contributed by atoms with Crippen LogP contribution in [0.3, 0.4) is 0 Å². The summed E-state index contributed by atoms with van der Waals surface area (Å²) < 4.78 is 0. The molecule has 2 rings (SSSR count). The zero-order chi connectivity index (χ0) is 12.1. The van der Waals surface area contributed by atoms with Crippen molar-refractivity contribution in [1.82, 2.24) is 0 Å². The Morgan fingerprint density at radius 2 is 2.06 bits per heavy atom. The van der Waals surface area contributed by atoms with Crippen molar-refractivity contribution >= 4 is 5.78 Å². The first-order valence-corrected chi connectivity index (χ1v) is 6.93. The molecule has 1 unspecified atom stereocenters. The van der Waals surface area contributed by atoms with Gasteiger partial charge < -0.3 is 0 Å². The number of Topliss-reactive ketones (excluding diaryl/α,β-unsaturated/α-hetero) is 1. The standard InChI is InChI=1S/C16H22O/c1-2-3-4-5-10-16(17)15-12-11-13-8-6-7-9-14(13)15/h6-9,15H,2-5,10-12H2,1H3. The number of hydrogen-bond acceptors (Lipinski definition) is 1. The van der Waals surface area contributed by atoms with E-state index in [9.17, 15) is 4.79 Å². The Morgan fingerprint density at radius 1 is 1.24 bits per heavy atom. The van der Waals surface area contributed by atoms with E-state index in [2.05, 4.69) is 31.2 Å². The first kappa shape index (κ1) is 12.3. The fourth-order valence-electron chi connectivity index (χ4n) is 2.79. The highest BCUT2D eigenvalue weighted by Gasteiger charge is 2.27. The van der Waals surface area contributed by atoms with Crippen molar-refractivity contribution in [3.8, 4) is 0 Å². The first-order valence-electron chi connectivity index (χ1n) is 6.93. The molecule has 0 N–H and O–H groups in total. The van der Waals surface area contributed by atoms with E-state index < -0.39 is 0 Å². The van der Waals surface area contributed by atoms with Crippen LogP contribution in [0.25, 0.3) is 0 Å². The summed E-state index contributed by atoms with van der Waals surface area (Å²) in [6, 6.07) is 8.44. The van der Waals surface area contributed by atoms with Crippen LogP contribution in [0.4, 0.5) is 0 Å². The molecule has 0 saturated carbocycles. The first-order chi connectivity index (χ1) is 8.33. The smallest absolute Gasteiger partial charge is 0.140 e. The minimum absolute atomic E-state index is 0.202. The quantitative estimate of drug-likeness (QED) is 0.667. The fraction of sp³-hybridized carbons (Fsp3) is 0.562. The topological polar surface area (TPSA) is 17.1 Å². The lowest BCUT2D eigenvalue weighted by Crippen LogP contribution is -2.09. The van der Waals surface area contributed by atoms with Gasteiger partial charge in [0.1, 0.15) is 5.78 Å². The molecule has 1 aromatic rings. The summed E-state index contributed by atoms with van der Waals surface area (Å²) in [6.07, 6.45) is 7.67. The van der Waals surface area contributed by atoms with E-state index in [1.54, 1.807) is 0 Å². The number of ketones is 1. The Bertz CT molecular complexity index is 381. The molecule has 0 heterocycles. The minimum atomic E-state index is 0.202. The van der Waals surface area contributed by atoms with Crippen molar-refractivity contribution in [3.63, 3.8) is 0 Å². The molecule has 1 atom stereocenters. The number of hydrogen-bond donors (Lipinski definition) is 0. The van der Waals surface area contributed by atoms with Gasteiger partial charge in [-0.25, -0.2) is 0 Å². The fourth-order valence-corrected chi connectivity index (χ4v) is 2.79. The van der Waals surface area contributed by atoms with Crippen LogP contribution in [0, 0.1) is 0 Å².